The molecule has 0 saturated heterocycles. The summed E-state index contributed by atoms with van der Waals surface area (Å²) in [4.78, 5) is 15.0. The van der Waals surface area contributed by atoms with Crippen LogP contribution in [0.25, 0.3) is 11.3 Å². The second kappa shape index (κ2) is 4.68. The van der Waals surface area contributed by atoms with Gasteiger partial charge in [-0.25, -0.2) is 4.98 Å². The van der Waals surface area contributed by atoms with E-state index < -0.39 is 0 Å². The molecule has 2 nitrogen and oxygen atoms in total. The molecule has 0 bridgehead atoms. The van der Waals surface area contributed by atoms with Gasteiger partial charge in [-0.1, -0.05) is 29.8 Å². The minimum Gasteiger partial charge on any atom is -0.296 e. The molecule has 0 aliphatic rings. The van der Waals surface area contributed by atoms with E-state index in [-0.39, 0.29) is 0 Å². The second-order valence-electron chi connectivity index (χ2n) is 3.95. The zero-order chi connectivity index (χ0) is 12.4. The van der Waals surface area contributed by atoms with Crippen LogP contribution in [0.4, 0.5) is 0 Å². The van der Waals surface area contributed by atoms with Crippen LogP contribution in [-0.2, 0) is 0 Å². The van der Waals surface area contributed by atoms with Gasteiger partial charge in [-0.05, 0) is 37.1 Å². The molecule has 0 saturated carbocycles. The van der Waals surface area contributed by atoms with Crippen molar-refractivity contribution in [3.63, 3.8) is 0 Å². The highest BCUT2D eigenvalue weighted by molar-refractivity contribution is 6.33. The lowest BCUT2D eigenvalue weighted by atomic mass is 9.99. The maximum Gasteiger partial charge on any atom is 0.168 e. The van der Waals surface area contributed by atoms with E-state index >= 15 is 0 Å². The molecule has 1 aromatic heterocycles. The van der Waals surface area contributed by atoms with Gasteiger partial charge < -0.3 is 0 Å². The molecule has 0 unspecified atom stereocenters. The highest BCUT2D eigenvalue weighted by Crippen LogP contribution is 2.31. The van der Waals surface area contributed by atoms with Crippen LogP contribution in [0.3, 0.4) is 0 Å². The highest BCUT2D eigenvalue weighted by Gasteiger charge is 2.11. The Hall–Kier alpha value is -1.67. The molecule has 0 N–H and O–H groups in total. The molecular formula is C14H12ClNO. The van der Waals surface area contributed by atoms with Crippen molar-refractivity contribution >= 4 is 17.9 Å². The van der Waals surface area contributed by atoms with Crippen LogP contribution in [0.5, 0.6) is 0 Å². The number of aromatic nitrogens is 1. The van der Waals surface area contributed by atoms with Crippen LogP contribution in [0, 0.1) is 13.8 Å². The first kappa shape index (κ1) is 11.8. The van der Waals surface area contributed by atoms with E-state index in [1.54, 1.807) is 12.1 Å². The Labute approximate surface area is 105 Å². The molecule has 0 fully saturated rings. The molecule has 86 valence electrons. The van der Waals surface area contributed by atoms with Crippen LogP contribution in [-0.4, -0.2) is 11.3 Å². The summed E-state index contributed by atoms with van der Waals surface area (Å²) in [5.41, 5.74) is 4.27. The van der Waals surface area contributed by atoms with Gasteiger partial charge in [-0.15, -0.1) is 0 Å². The number of hydrogen-bond donors (Lipinski definition) is 0. The van der Waals surface area contributed by atoms with Gasteiger partial charge in [-0.3, -0.25) is 4.79 Å². The Kier molecular flexibility index (Phi) is 3.25. The summed E-state index contributed by atoms with van der Waals surface area (Å²) < 4.78 is 0. The van der Waals surface area contributed by atoms with Crippen molar-refractivity contribution in [2.24, 2.45) is 0 Å². The predicted octanol–water partition coefficient (Wildman–Crippen LogP) is 3.83. The Balaban J connectivity index is 2.71. The SMILES string of the molecule is Cc1cccc(C)c1-c1nc(C=O)ccc1Cl. The zero-order valence-corrected chi connectivity index (χ0v) is 10.5. The number of hydrogen-bond acceptors (Lipinski definition) is 2. The van der Waals surface area contributed by atoms with E-state index in [0.29, 0.717) is 16.4 Å². The summed E-state index contributed by atoms with van der Waals surface area (Å²) in [7, 11) is 0. The largest absolute Gasteiger partial charge is 0.296 e. The molecule has 3 heteroatoms. The van der Waals surface area contributed by atoms with Gasteiger partial charge in [0.1, 0.15) is 5.69 Å². The molecule has 0 amide bonds. The van der Waals surface area contributed by atoms with Crippen molar-refractivity contribution in [1.82, 2.24) is 4.98 Å². The van der Waals surface area contributed by atoms with Crippen LogP contribution in [0.15, 0.2) is 30.3 Å². The third-order valence-electron chi connectivity index (χ3n) is 2.71. The van der Waals surface area contributed by atoms with Crippen LogP contribution >= 0.6 is 11.6 Å². The summed E-state index contributed by atoms with van der Waals surface area (Å²) in [6.07, 6.45) is 0.730. The van der Waals surface area contributed by atoms with Crippen LogP contribution in [0.2, 0.25) is 5.02 Å². The molecule has 0 atom stereocenters. The molecule has 1 aromatic carbocycles. The number of halogens is 1. The third kappa shape index (κ3) is 2.22. The zero-order valence-electron chi connectivity index (χ0n) is 9.70. The number of pyridine rings is 1. The average Bonchev–Trinajstić information content (AvgIpc) is 2.31. The standard InChI is InChI=1S/C14H12ClNO/c1-9-4-3-5-10(2)13(9)14-12(15)7-6-11(8-17)16-14/h3-8H,1-2H3. The van der Waals surface area contributed by atoms with Gasteiger partial charge >= 0.3 is 0 Å². The maximum absolute atomic E-state index is 10.8. The lowest BCUT2D eigenvalue weighted by molar-refractivity contribution is 0.111. The van der Waals surface area contributed by atoms with Crippen molar-refractivity contribution in [2.45, 2.75) is 13.8 Å². The van der Waals surface area contributed by atoms with E-state index in [2.05, 4.69) is 4.98 Å². The Morgan fingerprint density at radius 2 is 1.76 bits per heavy atom. The number of rotatable bonds is 2. The van der Waals surface area contributed by atoms with Crippen molar-refractivity contribution in [3.8, 4) is 11.3 Å². The van der Waals surface area contributed by atoms with Gasteiger partial charge in [0.15, 0.2) is 6.29 Å². The molecule has 1 heterocycles. The fourth-order valence-electron chi connectivity index (χ4n) is 1.89. The quantitative estimate of drug-likeness (QED) is 0.753. The summed E-state index contributed by atoms with van der Waals surface area (Å²) >= 11 is 6.15. The van der Waals surface area contributed by atoms with E-state index in [4.69, 9.17) is 11.6 Å². The summed E-state index contributed by atoms with van der Waals surface area (Å²) in [6.45, 7) is 4.02. The first-order valence-electron chi connectivity index (χ1n) is 5.32. The van der Waals surface area contributed by atoms with Crippen molar-refractivity contribution in [1.29, 1.82) is 0 Å². The van der Waals surface area contributed by atoms with Gasteiger partial charge in [0, 0.05) is 5.56 Å². The van der Waals surface area contributed by atoms with Gasteiger partial charge in [0.2, 0.25) is 0 Å². The lowest BCUT2D eigenvalue weighted by Gasteiger charge is -2.10. The first-order chi connectivity index (χ1) is 8.13. The smallest absolute Gasteiger partial charge is 0.168 e. The Morgan fingerprint density at radius 1 is 1.12 bits per heavy atom. The summed E-state index contributed by atoms with van der Waals surface area (Å²) in [6, 6.07) is 9.33. The lowest BCUT2D eigenvalue weighted by Crippen LogP contribution is -1.95. The Bertz CT molecular complexity index is 558. The molecule has 0 radical (unpaired) electrons. The monoisotopic (exact) mass is 245 g/mol. The van der Waals surface area contributed by atoms with Gasteiger partial charge in [-0.2, -0.15) is 0 Å². The number of carbonyl (C=O) groups is 1. The highest BCUT2D eigenvalue weighted by atomic mass is 35.5. The van der Waals surface area contributed by atoms with Crippen LogP contribution < -0.4 is 0 Å². The van der Waals surface area contributed by atoms with E-state index in [0.717, 1.165) is 23.0 Å². The molecule has 2 rings (SSSR count). The fourth-order valence-corrected chi connectivity index (χ4v) is 2.09. The van der Waals surface area contributed by atoms with Crippen molar-refractivity contribution in [2.75, 3.05) is 0 Å². The number of benzene rings is 1. The summed E-state index contributed by atoms with van der Waals surface area (Å²) in [5.74, 6) is 0. The number of aryl methyl sites for hydroxylation is 2. The molecule has 0 aliphatic carbocycles. The maximum atomic E-state index is 10.8. The van der Waals surface area contributed by atoms with Crippen molar-refractivity contribution < 1.29 is 4.79 Å². The first-order valence-corrected chi connectivity index (χ1v) is 5.69. The normalized spacial score (nSPS) is 10.3. The topological polar surface area (TPSA) is 30.0 Å². The molecular weight excluding hydrogens is 234 g/mol. The van der Waals surface area contributed by atoms with Gasteiger partial charge in [0.05, 0.1) is 10.7 Å². The van der Waals surface area contributed by atoms with Gasteiger partial charge in [0.25, 0.3) is 0 Å². The van der Waals surface area contributed by atoms with E-state index in [1.807, 2.05) is 32.0 Å². The second-order valence-corrected chi connectivity index (χ2v) is 4.36. The third-order valence-corrected chi connectivity index (χ3v) is 3.01. The van der Waals surface area contributed by atoms with Crippen LogP contribution in [0.1, 0.15) is 21.6 Å². The molecule has 0 spiro atoms. The summed E-state index contributed by atoms with van der Waals surface area (Å²) in [5, 5.41) is 0.563. The van der Waals surface area contributed by atoms with E-state index in [9.17, 15) is 4.79 Å². The number of aldehydes is 1. The molecule has 2 aromatic rings. The number of nitrogens with zero attached hydrogens (tertiary/aromatic N) is 1. The minimum atomic E-state index is 0.395. The number of carbonyl (C=O) groups excluding carboxylic acids is 1. The molecule has 0 aliphatic heterocycles. The minimum absolute atomic E-state index is 0.395. The Morgan fingerprint density at radius 3 is 2.35 bits per heavy atom. The molecule has 17 heavy (non-hydrogen) atoms. The average molecular weight is 246 g/mol. The fraction of sp³-hybridized carbons (Fsp3) is 0.143. The van der Waals surface area contributed by atoms with Crippen molar-refractivity contribution in [3.05, 3.63) is 52.2 Å². The predicted molar refractivity (Wildman–Crippen MR) is 69.5 cm³/mol. The van der Waals surface area contributed by atoms with E-state index in [1.165, 1.54) is 0 Å².